The largest absolute Gasteiger partial charge is 0.453 e. The van der Waals surface area contributed by atoms with Crippen molar-refractivity contribution in [1.82, 2.24) is 15.8 Å². The van der Waals surface area contributed by atoms with Gasteiger partial charge in [-0.3, -0.25) is 14.9 Å². The van der Waals surface area contributed by atoms with Crippen LogP contribution in [0.1, 0.15) is 35.9 Å². The summed E-state index contributed by atoms with van der Waals surface area (Å²) in [5.74, 6) is -0.574. The van der Waals surface area contributed by atoms with Crippen LogP contribution in [0.25, 0.3) is 0 Å². The van der Waals surface area contributed by atoms with Gasteiger partial charge < -0.3 is 14.6 Å². The second kappa shape index (κ2) is 9.51. The van der Waals surface area contributed by atoms with E-state index in [1.807, 2.05) is 30.3 Å². The molecule has 0 aliphatic heterocycles. The normalized spacial score (nSPS) is 11.5. The molecule has 1 atom stereocenters. The van der Waals surface area contributed by atoms with E-state index < -0.39 is 24.0 Å². The summed E-state index contributed by atoms with van der Waals surface area (Å²) in [6.07, 6.45) is -0.586. The van der Waals surface area contributed by atoms with Crippen LogP contribution in [0, 0.1) is 13.8 Å². The molecule has 2 rings (SSSR count). The summed E-state index contributed by atoms with van der Waals surface area (Å²) in [5.41, 5.74) is 2.48. The molecule has 27 heavy (non-hydrogen) atoms. The van der Waals surface area contributed by atoms with Crippen molar-refractivity contribution in [1.29, 1.82) is 0 Å². The fraction of sp³-hybridized carbons (Fsp3) is 0.368. The molecule has 0 fully saturated rings. The van der Waals surface area contributed by atoms with Crippen molar-refractivity contribution in [3.8, 4) is 0 Å². The third kappa shape index (κ3) is 6.25. The number of nitrogens with zero attached hydrogens (tertiary/aromatic N) is 1. The van der Waals surface area contributed by atoms with Crippen molar-refractivity contribution in [2.75, 3.05) is 0 Å². The summed E-state index contributed by atoms with van der Waals surface area (Å²) < 4.78 is 10.1. The number of rotatable bonds is 7. The molecule has 8 nitrogen and oxygen atoms in total. The maximum atomic E-state index is 12.0. The van der Waals surface area contributed by atoms with E-state index in [1.165, 1.54) is 6.92 Å². The van der Waals surface area contributed by atoms with E-state index in [-0.39, 0.29) is 13.0 Å². The van der Waals surface area contributed by atoms with Crippen LogP contribution in [0.3, 0.4) is 0 Å². The number of benzene rings is 1. The van der Waals surface area contributed by atoms with Crippen molar-refractivity contribution >= 4 is 17.9 Å². The van der Waals surface area contributed by atoms with Gasteiger partial charge in [0, 0.05) is 18.5 Å². The second-order valence-corrected chi connectivity index (χ2v) is 6.09. The molecule has 0 spiro atoms. The number of imide groups is 1. The number of carbonyl (C=O) groups is 3. The number of hydrogen-bond acceptors (Lipinski definition) is 6. The standard InChI is InChI=1S/C19H23N3O5/c1-12-16(13(2)27-22-12)9-10-17(23)26-14(3)18(24)21-19(25)20-11-15-7-5-4-6-8-15/h4-8,14H,9-11H2,1-3H3,(H2,20,21,24,25)/t14-/m1/s1. The van der Waals surface area contributed by atoms with E-state index in [9.17, 15) is 14.4 Å². The molecule has 1 heterocycles. The van der Waals surface area contributed by atoms with Crippen LogP contribution < -0.4 is 10.6 Å². The molecular weight excluding hydrogens is 350 g/mol. The van der Waals surface area contributed by atoms with Gasteiger partial charge in [-0.05, 0) is 32.8 Å². The summed E-state index contributed by atoms with van der Waals surface area (Å²) in [4.78, 5) is 35.7. The van der Waals surface area contributed by atoms with Crippen LogP contribution in [-0.4, -0.2) is 29.2 Å². The van der Waals surface area contributed by atoms with Crippen molar-refractivity contribution < 1.29 is 23.6 Å². The van der Waals surface area contributed by atoms with Crippen molar-refractivity contribution in [2.24, 2.45) is 0 Å². The Labute approximate surface area is 157 Å². The van der Waals surface area contributed by atoms with Gasteiger partial charge in [0.15, 0.2) is 6.10 Å². The number of ether oxygens (including phenoxy) is 1. The summed E-state index contributed by atoms with van der Waals surface area (Å²) in [6.45, 7) is 5.26. The predicted octanol–water partition coefficient (Wildman–Crippen LogP) is 2.18. The fourth-order valence-electron chi connectivity index (χ4n) is 2.43. The highest BCUT2D eigenvalue weighted by molar-refractivity contribution is 5.97. The number of aryl methyl sites for hydroxylation is 2. The monoisotopic (exact) mass is 373 g/mol. The SMILES string of the molecule is Cc1noc(C)c1CCC(=O)O[C@H](C)C(=O)NC(=O)NCc1ccccc1. The lowest BCUT2D eigenvalue weighted by Crippen LogP contribution is -2.44. The van der Waals surface area contributed by atoms with Crippen LogP contribution in [0.5, 0.6) is 0 Å². The first-order valence-corrected chi connectivity index (χ1v) is 8.60. The Morgan fingerprint density at radius 2 is 1.89 bits per heavy atom. The lowest BCUT2D eigenvalue weighted by molar-refractivity contribution is -0.154. The highest BCUT2D eigenvalue weighted by Gasteiger charge is 2.20. The minimum absolute atomic E-state index is 0.0840. The number of hydrogen-bond donors (Lipinski definition) is 2. The lowest BCUT2D eigenvalue weighted by atomic mass is 10.1. The summed E-state index contributed by atoms with van der Waals surface area (Å²) in [7, 11) is 0. The summed E-state index contributed by atoms with van der Waals surface area (Å²) >= 11 is 0. The Hall–Kier alpha value is -3.16. The molecule has 2 aromatic rings. The molecular formula is C19H23N3O5. The zero-order chi connectivity index (χ0) is 19.8. The number of esters is 1. The quantitative estimate of drug-likeness (QED) is 0.720. The molecule has 0 unspecified atom stereocenters. The van der Waals surface area contributed by atoms with Crippen molar-refractivity contribution in [2.45, 2.75) is 46.3 Å². The van der Waals surface area contributed by atoms with Crippen LogP contribution in [-0.2, 0) is 27.3 Å². The van der Waals surface area contributed by atoms with Gasteiger partial charge in [0.25, 0.3) is 5.91 Å². The second-order valence-electron chi connectivity index (χ2n) is 6.09. The first-order chi connectivity index (χ1) is 12.9. The van der Waals surface area contributed by atoms with Gasteiger partial charge in [0.05, 0.1) is 5.69 Å². The number of amides is 3. The lowest BCUT2D eigenvalue weighted by Gasteiger charge is -2.13. The van der Waals surface area contributed by atoms with E-state index in [2.05, 4.69) is 15.8 Å². The van der Waals surface area contributed by atoms with E-state index >= 15 is 0 Å². The first-order valence-electron chi connectivity index (χ1n) is 8.60. The Bertz CT molecular complexity index is 781. The Kier molecular flexibility index (Phi) is 7.10. The smallest absolute Gasteiger partial charge is 0.321 e. The zero-order valence-electron chi connectivity index (χ0n) is 15.6. The molecule has 3 amide bonds. The molecule has 144 valence electrons. The zero-order valence-corrected chi connectivity index (χ0v) is 15.6. The van der Waals surface area contributed by atoms with Crippen LogP contribution >= 0.6 is 0 Å². The molecule has 2 N–H and O–H groups in total. The average Bonchev–Trinajstić information content (AvgIpc) is 2.97. The Balaban J connectivity index is 1.72. The van der Waals surface area contributed by atoms with Gasteiger partial charge in [-0.25, -0.2) is 4.79 Å². The van der Waals surface area contributed by atoms with Gasteiger partial charge in [-0.1, -0.05) is 35.5 Å². The molecule has 1 aromatic carbocycles. The third-order valence-corrected chi connectivity index (χ3v) is 3.97. The average molecular weight is 373 g/mol. The number of aromatic nitrogens is 1. The summed E-state index contributed by atoms with van der Waals surface area (Å²) in [5, 5.41) is 8.54. The number of nitrogens with one attached hydrogen (secondary N) is 2. The van der Waals surface area contributed by atoms with Gasteiger partial charge >= 0.3 is 12.0 Å². The van der Waals surface area contributed by atoms with Crippen molar-refractivity contribution in [3.63, 3.8) is 0 Å². The topological polar surface area (TPSA) is 111 Å². The van der Waals surface area contributed by atoms with Gasteiger partial charge in [-0.2, -0.15) is 0 Å². The molecule has 0 radical (unpaired) electrons. The summed E-state index contributed by atoms with van der Waals surface area (Å²) in [6, 6.07) is 8.63. The van der Waals surface area contributed by atoms with E-state index in [1.54, 1.807) is 13.8 Å². The molecule has 1 aromatic heterocycles. The van der Waals surface area contributed by atoms with E-state index in [0.29, 0.717) is 12.2 Å². The van der Waals surface area contributed by atoms with Crippen LogP contribution in [0.15, 0.2) is 34.9 Å². The molecule has 0 saturated carbocycles. The maximum Gasteiger partial charge on any atom is 0.321 e. The van der Waals surface area contributed by atoms with Crippen LogP contribution in [0.4, 0.5) is 4.79 Å². The molecule has 8 heteroatoms. The van der Waals surface area contributed by atoms with E-state index in [0.717, 1.165) is 16.8 Å². The first kappa shape index (κ1) is 20.2. The Morgan fingerprint density at radius 1 is 1.19 bits per heavy atom. The molecule has 0 aliphatic rings. The fourth-order valence-corrected chi connectivity index (χ4v) is 2.43. The maximum absolute atomic E-state index is 12.0. The number of carbonyl (C=O) groups excluding carboxylic acids is 3. The molecule has 0 bridgehead atoms. The van der Waals surface area contributed by atoms with E-state index in [4.69, 9.17) is 9.26 Å². The van der Waals surface area contributed by atoms with Crippen LogP contribution in [0.2, 0.25) is 0 Å². The molecule has 0 aliphatic carbocycles. The predicted molar refractivity (Wildman–Crippen MR) is 96.7 cm³/mol. The molecule has 0 saturated heterocycles. The van der Waals surface area contributed by atoms with Crippen molar-refractivity contribution in [3.05, 3.63) is 52.9 Å². The van der Waals surface area contributed by atoms with Gasteiger partial charge in [0.1, 0.15) is 5.76 Å². The minimum atomic E-state index is -1.08. The highest BCUT2D eigenvalue weighted by Crippen LogP contribution is 2.14. The highest BCUT2D eigenvalue weighted by atomic mass is 16.5. The Morgan fingerprint density at radius 3 is 2.52 bits per heavy atom. The van der Waals surface area contributed by atoms with Gasteiger partial charge in [0.2, 0.25) is 0 Å². The number of urea groups is 1. The van der Waals surface area contributed by atoms with Gasteiger partial charge in [-0.15, -0.1) is 0 Å². The minimum Gasteiger partial charge on any atom is -0.453 e. The third-order valence-electron chi connectivity index (χ3n) is 3.97.